The van der Waals surface area contributed by atoms with Gasteiger partial charge in [0.25, 0.3) is 0 Å². The van der Waals surface area contributed by atoms with E-state index in [2.05, 4.69) is 28.9 Å². The first kappa shape index (κ1) is 11.6. The number of aromatic nitrogens is 1. The molecule has 1 saturated heterocycles. The highest BCUT2D eigenvalue weighted by Gasteiger charge is 2.16. The van der Waals surface area contributed by atoms with Crippen molar-refractivity contribution in [3.05, 3.63) is 29.6 Å². The SMILES string of the molecule is CC1CCCN(Cc2ccnc(CN)c2)C1. The molecule has 1 unspecified atom stereocenters. The minimum absolute atomic E-state index is 0.532. The van der Waals surface area contributed by atoms with E-state index < -0.39 is 0 Å². The van der Waals surface area contributed by atoms with Crippen molar-refractivity contribution >= 4 is 0 Å². The molecule has 2 rings (SSSR count). The molecule has 2 N–H and O–H groups in total. The van der Waals surface area contributed by atoms with Gasteiger partial charge in [-0.3, -0.25) is 9.88 Å². The van der Waals surface area contributed by atoms with Gasteiger partial charge in [-0.05, 0) is 43.0 Å². The normalized spacial score (nSPS) is 22.2. The smallest absolute Gasteiger partial charge is 0.0542 e. The summed E-state index contributed by atoms with van der Waals surface area (Å²) in [4.78, 5) is 6.75. The van der Waals surface area contributed by atoms with Crippen LogP contribution in [0.3, 0.4) is 0 Å². The third-order valence-corrected chi connectivity index (χ3v) is 3.24. The Morgan fingerprint density at radius 2 is 2.44 bits per heavy atom. The van der Waals surface area contributed by atoms with E-state index in [1.54, 1.807) is 0 Å². The van der Waals surface area contributed by atoms with Gasteiger partial charge in [-0.25, -0.2) is 0 Å². The van der Waals surface area contributed by atoms with E-state index >= 15 is 0 Å². The highest BCUT2D eigenvalue weighted by molar-refractivity contribution is 5.16. The predicted octanol–water partition coefficient (Wildman–Crippen LogP) is 1.77. The molecule has 16 heavy (non-hydrogen) atoms. The standard InChI is InChI=1S/C13H21N3/c1-11-3-2-6-16(9-11)10-12-4-5-15-13(7-12)8-14/h4-5,7,11H,2-3,6,8-10,14H2,1H3. The van der Waals surface area contributed by atoms with Crippen molar-refractivity contribution in [3.63, 3.8) is 0 Å². The molecule has 0 spiro atoms. The Bertz CT molecular complexity index is 338. The van der Waals surface area contributed by atoms with E-state index in [1.165, 1.54) is 31.5 Å². The first-order chi connectivity index (χ1) is 7.78. The van der Waals surface area contributed by atoms with Crippen molar-refractivity contribution in [3.8, 4) is 0 Å². The number of likely N-dealkylation sites (tertiary alicyclic amines) is 1. The highest BCUT2D eigenvalue weighted by atomic mass is 15.1. The number of rotatable bonds is 3. The maximum atomic E-state index is 5.60. The van der Waals surface area contributed by atoms with Crippen molar-refractivity contribution in [2.24, 2.45) is 11.7 Å². The highest BCUT2D eigenvalue weighted by Crippen LogP contribution is 2.17. The van der Waals surface area contributed by atoms with Crippen LogP contribution in [0, 0.1) is 5.92 Å². The van der Waals surface area contributed by atoms with Gasteiger partial charge in [0, 0.05) is 25.8 Å². The van der Waals surface area contributed by atoms with E-state index in [9.17, 15) is 0 Å². The molecule has 2 heterocycles. The zero-order valence-corrected chi connectivity index (χ0v) is 10.0. The average molecular weight is 219 g/mol. The molecule has 1 aliphatic heterocycles. The molecule has 1 aromatic rings. The first-order valence-electron chi connectivity index (χ1n) is 6.14. The summed E-state index contributed by atoms with van der Waals surface area (Å²) in [5.74, 6) is 0.838. The van der Waals surface area contributed by atoms with E-state index in [0.717, 1.165) is 18.2 Å². The molecule has 1 aromatic heterocycles. The maximum Gasteiger partial charge on any atom is 0.0542 e. The average Bonchev–Trinajstić information content (AvgIpc) is 2.29. The summed E-state index contributed by atoms with van der Waals surface area (Å²) in [5, 5.41) is 0. The van der Waals surface area contributed by atoms with Crippen molar-refractivity contribution < 1.29 is 0 Å². The van der Waals surface area contributed by atoms with Gasteiger partial charge < -0.3 is 5.73 Å². The summed E-state index contributed by atoms with van der Waals surface area (Å²) >= 11 is 0. The lowest BCUT2D eigenvalue weighted by Gasteiger charge is -2.30. The van der Waals surface area contributed by atoms with Crippen molar-refractivity contribution in [2.75, 3.05) is 13.1 Å². The van der Waals surface area contributed by atoms with Crippen LogP contribution in [0.1, 0.15) is 31.0 Å². The third kappa shape index (κ3) is 3.03. The molecule has 1 atom stereocenters. The molecule has 0 radical (unpaired) electrons. The summed E-state index contributed by atoms with van der Waals surface area (Å²) in [7, 11) is 0. The molecule has 88 valence electrons. The van der Waals surface area contributed by atoms with Crippen LogP contribution in [0.25, 0.3) is 0 Å². The Labute approximate surface area is 97.7 Å². The number of pyridine rings is 1. The van der Waals surface area contributed by atoms with Crippen LogP contribution in [-0.4, -0.2) is 23.0 Å². The molecule has 1 aliphatic rings. The summed E-state index contributed by atoms with van der Waals surface area (Å²) in [5.41, 5.74) is 7.92. The molecular formula is C13H21N3. The lowest BCUT2D eigenvalue weighted by molar-refractivity contribution is 0.176. The molecule has 0 aliphatic carbocycles. The molecule has 0 saturated carbocycles. The second-order valence-corrected chi connectivity index (χ2v) is 4.84. The number of nitrogens with zero attached hydrogens (tertiary/aromatic N) is 2. The van der Waals surface area contributed by atoms with Crippen LogP contribution in [0.5, 0.6) is 0 Å². The van der Waals surface area contributed by atoms with Crippen molar-refractivity contribution in [1.29, 1.82) is 0 Å². The van der Waals surface area contributed by atoms with Crippen LogP contribution >= 0.6 is 0 Å². The molecule has 0 bridgehead atoms. The summed E-state index contributed by atoms with van der Waals surface area (Å²) in [6.45, 7) is 6.36. The topological polar surface area (TPSA) is 42.2 Å². The van der Waals surface area contributed by atoms with Gasteiger partial charge in [-0.1, -0.05) is 6.92 Å². The molecular weight excluding hydrogens is 198 g/mol. The quantitative estimate of drug-likeness (QED) is 0.842. The zero-order chi connectivity index (χ0) is 11.4. The fraction of sp³-hybridized carbons (Fsp3) is 0.615. The second-order valence-electron chi connectivity index (χ2n) is 4.84. The van der Waals surface area contributed by atoms with Crippen molar-refractivity contribution in [2.45, 2.75) is 32.9 Å². The molecule has 0 amide bonds. The molecule has 3 nitrogen and oxygen atoms in total. The lowest BCUT2D eigenvalue weighted by Crippen LogP contribution is -2.33. The molecule has 0 aromatic carbocycles. The molecule has 3 heteroatoms. The summed E-state index contributed by atoms with van der Waals surface area (Å²) in [6, 6.07) is 4.22. The monoisotopic (exact) mass is 219 g/mol. The predicted molar refractivity (Wildman–Crippen MR) is 65.8 cm³/mol. The van der Waals surface area contributed by atoms with Gasteiger partial charge in [0.2, 0.25) is 0 Å². The summed E-state index contributed by atoms with van der Waals surface area (Å²) < 4.78 is 0. The van der Waals surface area contributed by atoms with E-state index in [0.29, 0.717) is 6.54 Å². The number of hydrogen-bond acceptors (Lipinski definition) is 3. The number of hydrogen-bond donors (Lipinski definition) is 1. The van der Waals surface area contributed by atoms with Crippen LogP contribution < -0.4 is 5.73 Å². The Kier molecular flexibility index (Phi) is 3.91. The van der Waals surface area contributed by atoms with Gasteiger partial charge in [-0.2, -0.15) is 0 Å². The number of piperidine rings is 1. The van der Waals surface area contributed by atoms with E-state index in [4.69, 9.17) is 5.73 Å². The Morgan fingerprint density at radius 1 is 1.56 bits per heavy atom. The fourth-order valence-corrected chi connectivity index (χ4v) is 2.43. The van der Waals surface area contributed by atoms with Gasteiger partial charge in [0.05, 0.1) is 5.69 Å². The van der Waals surface area contributed by atoms with Crippen molar-refractivity contribution in [1.82, 2.24) is 9.88 Å². The first-order valence-corrected chi connectivity index (χ1v) is 6.14. The minimum Gasteiger partial charge on any atom is -0.325 e. The third-order valence-electron chi connectivity index (χ3n) is 3.24. The zero-order valence-electron chi connectivity index (χ0n) is 10.0. The second kappa shape index (κ2) is 5.41. The largest absolute Gasteiger partial charge is 0.325 e. The molecule has 1 fully saturated rings. The van der Waals surface area contributed by atoms with Gasteiger partial charge in [0.1, 0.15) is 0 Å². The lowest BCUT2D eigenvalue weighted by atomic mass is 10.00. The van der Waals surface area contributed by atoms with Gasteiger partial charge in [-0.15, -0.1) is 0 Å². The van der Waals surface area contributed by atoms with Gasteiger partial charge >= 0.3 is 0 Å². The number of nitrogens with two attached hydrogens (primary N) is 1. The van der Waals surface area contributed by atoms with Crippen LogP contribution in [0.2, 0.25) is 0 Å². The van der Waals surface area contributed by atoms with E-state index in [-0.39, 0.29) is 0 Å². The van der Waals surface area contributed by atoms with Crippen LogP contribution in [0.4, 0.5) is 0 Å². The Balaban J connectivity index is 1.97. The van der Waals surface area contributed by atoms with E-state index in [1.807, 2.05) is 6.20 Å². The van der Waals surface area contributed by atoms with Gasteiger partial charge in [0.15, 0.2) is 0 Å². The fourth-order valence-electron chi connectivity index (χ4n) is 2.43. The summed E-state index contributed by atoms with van der Waals surface area (Å²) in [6.07, 6.45) is 4.57. The van der Waals surface area contributed by atoms with Crippen LogP contribution in [0.15, 0.2) is 18.3 Å². The minimum atomic E-state index is 0.532. The Hall–Kier alpha value is -0.930. The van der Waals surface area contributed by atoms with Crippen LogP contribution in [-0.2, 0) is 13.1 Å². The maximum absolute atomic E-state index is 5.60. The Morgan fingerprint density at radius 3 is 3.19 bits per heavy atom.